The Morgan fingerprint density at radius 2 is 1.85 bits per heavy atom. The van der Waals surface area contributed by atoms with Gasteiger partial charge in [0.25, 0.3) is 0 Å². The lowest BCUT2D eigenvalue weighted by atomic mass is 10.0. The molecule has 0 aliphatic rings. The van der Waals surface area contributed by atoms with Gasteiger partial charge in [0.1, 0.15) is 5.82 Å². The minimum atomic E-state index is -3.67. The van der Waals surface area contributed by atoms with Crippen molar-refractivity contribution < 1.29 is 12.8 Å². The summed E-state index contributed by atoms with van der Waals surface area (Å²) in [6.45, 7) is 6.69. The number of anilines is 1. The Hall–Kier alpha value is -1.14. The van der Waals surface area contributed by atoms with Gasteiger partial charge in [0, 0.05) is 13.1 Å². The van der Waals surface area contributed by atoms with E-state index in [4.69, 9.17) is 5.73 Å². The van der Waals surface area contributed by atoms with Crippen molar-refractivity contribution in [2.24, 2.45) is 5.92 Å². The average Bonchev–Trinajstić information content (AvgIpc) is 2.42. The molecule has 0 spiro atoms. The number of benzene rings is 1. The Bertz CT molecular complexity index is 542. The van der Waals surface area contributed by atoms with Gasteiger partial charge in [-0.2, -0.15) is 4.31 Å². The van der Waals surface area contributed by atoms with Crippen LogP contribution in [0.15, 0.2) is 23.1 Å². The zero-order chi connectivity index (χ0) is 15.3. The molecule has 0 unspecified atom stereocenters. The van der Waals surface area contributed by atoms with E-state index in [1.165, 1.54) is 16.4 Å². The molecule has 0 aliphatic carbocycles. The molecule has 0 saturated heterocycles. The first-order chi connectivity index (χ1) is 9.36. The molecular formula is C14H23FN2O2S. The second-order valence-electron chi connectivity index (χ2n) is 4.82. The molecule has 0 aliphatic heterocycles. The number of nitrogens with two attached hydrogens (primary N) is 1. The summed E-state index contributed by atoms with van der Waals surface area (Å²) in [6.07, 6.45) is 1.83. The molecule has 0 fully saturated rings. The molecule has 0 amide bonds. The maximum Gasteiger partial charge on any atom is 0.243 e. The van der Waals surface area contributed by atoms with E-state index >= 15 is 0 Å². The van der Waals surface area contributed by atoms with Crippen molar-refractivity contribution in [3.63, 3.8) is 0 Å². The number of nitrogen functional groups attached to an aromatic ring is 1. The van der Waals surface area contributed by atoms with Crippen LogP contribution in [0.4, 0.5) is 10.1 Å². The highest BCUT2D eigenvalue weighted by Crippen LogP contribution is 2.22. The molecule has 1 aromatic rings. The van der Waals surface area contributed by atoms with Crippen molar-refractivity contribution in [2.75, 3.05) is 18.8 Å². The number of hydrogen-bond acceptors (Lipinski definition) is 3. The van der Waals surface area contributed by atoms with Gasteiger partial charge in [-0.3, -0.25) is 0 Å². The molecule has 2 N–H and O–H groups in total. The van der Waals surface area contributed by atoms with Crippen LogP contribution in [0.5, 0.6) is 0 Å². The zero-order valence-corrected chi connectivity index (χ0v) is 13.1. The monoisotopic (exact) mass is 302 g/mol. The standard InChI is InChI=1S/C14H23FN2O2S/c1-4-11(5-2)10-17(6-3)20(18,19)12-7-8-14(16)13(15)9-12/h7-9,11H,4-6,10,16H2,1-3H3. The summed E-state index contributed by atoms with van der Waals surface area (Å²) >= 11 is 0. The van der Waals surface area contributed by atoms with Gasteiger partial charge >= 0.3 is 0 Å². The predicted octanol–water partition coefficient (Wildman–Crippen LogP) is 2.85. The normalized spacial score (nSPS) is 12.3. The molecular weight excluding hydrogens is 279 g/mol. The quantitative estimate of drug-likeness (QED) is 0.788. The van der Waals surface area contributed by atoms with Crippen molar-refractivity contribution in [1.82, 2.24) is 4.31 Å². The van der Waals surface area contributed by atoms with Gasteiger partial charge in [0.15, 0.2) is 0 Å². The molecule has 6 heteroatoms. The fourth-order valence-corrected chi connectivity index (χ4v) is 3.59. The molecule has 0 aromatic heterocycles. The van der Waals surface area contributed by atoms with Gasteiger partial charge in [0.05, 0.1) is 10.6 Å². The summed E-state index contributed by atoms with van der Waals surface area (Å²) < 4.78 is 39.9. The highest BCUT2D eigenvalue weighted by Gasteiger charge is 2.25. The second-order valence-corrected chi connectivity index (χ2v) is 6.76. The van der Waals surface area contributed by atoms with Crippen LogP contribution in [0.1, 0.15) is 33.6 Å². The van der Waals surface area contributed by atoms with Crippen LogP contribution in [0, 0.1) is 11.7 Å². The summed E-state index contributed by atoms with van der Waals surface area (Å²) in [6, 6.07) is 3.62. The highest BCUT2D eigenvalue weighted by molar-refractivity contribution is 7.89. The lowest BCUT2D eigenvalue weighted by molar-refractivity contribution is 0.339. The molecule has 0 radical (unpaired) electrons. The Balaban J connectivity index is 3.08. The van der Waals surface area contributed by atoms with E-state index in [2.05, 4.69) is 0 Å². The van der Waals surface area contributed by atoms with Crippen LogP contribution in [-0.2, 0) is 10.0 Å². The van der Waals surface area contributed by atoms with Crippen molar-refractivity contribution in [3.8, 4) is 0 Å². The molecule has 0 heterocycles. The SMILES string of the molecule is CCC(CC)CN(CC)S(=O)(=O)c1ccc(N)c(F)c1. The van der Waals surface area contributed by atoms with E-state index in [9.17, 15) is 12.8 Å². The summed E-state index contributed by atoms with van der Waals surface area (Å²) in [7, 11) is -3.67. The lowest BCUT2D eigenvalue weighted by Gasteiger charge is -2.24. The van der Waals surface area contributed by atoms with Gasteiger partial charge in [-0.1, -0.05) is 33.6 Å². The maximum absolute atomic E-state index is 13.5. The van der Waals surface area contributed by atoms with Crippen molar-refractivity contribution in [2.45, 2.75) is 38.5 Å². The van der Waals surface area contributed by atoms with Crippen LogP contribution < -0.4 is 5.73 Å². The lowest BCUT2D eigenvalue weighted by Crippen LogP contribution is -2.35. The first kappa shape index (κ1) is 16.9. The first-order valence-corrected chi connectivity index (χ1v) is 8.35. The fraction of sp³-hybridized carbons (Fsp3) is 0.571. The Labute approximate surface area is 120 Å². The minimum absolute atomic E-state index is 0.0444. The van der Waals surface area contributed by atoms with E-state index in [1.807, 2.05) is 13.8 Å². The van der Waals surface area contributed by atoms with Gasteiger partial charge < -0.3 is 5.73 Å². The van der Waals surface area contributed by atoms with E-state index in [-0.39, 0.29) is 10.6 Å². The molecule has 4 nitrogen and oxygen atoms in total. The topological polar surface area (TPSA) is 63.4 Å². The second kappa shape index (κ2) is 7.04. The molecule has 0 saturated carbocycles. The van der Waals surface area contributed by atoms with Crippen molar-refractivity contribution >= 4 is 15.7 Å². The molecule has 20 heavy (non-hydrogen) atoms. The molecule has 0 atom stereocenters. The van der Waals surface area contributed by atoms with Crippen molar-refractivity contribution in [3.05, 3.63) is 24.0 Å². The zero-order valence-electron chi connectivity index (χ0n) is 12.3. The average molecular weight is 302 g/mol. The van der Waals surface area contributed by atoms with Gasteiger partial charge in [0.2, 0.25) is 10.0 Å². The van der Waals surface area contributed by atoms with E-state index in [0.29, 0.717) is 19.0 Å². The number of nitrogens with zero attached hydrogens (tertiary/aromatic N) is 1. The van der Waals surface area contributed by atoms with E-state index < -0.39 is 15.8 Å². The summed E-state index contributed by atoms with van der Waals surface area (Å²) in [5.41, 5.74) is 5.33. The third kappa shape index (κ3) is 3.70. The largest absolute Gasteiger partial charge is 0.396 e. The molecule has 0 bridgehead atoms. The molecule has 1 aromatic carbocycles. The third-order valence-corrected chi connectivity index (χ3v) is 5.52. The van der Waals surface area contributed by atoms with Crippen molar-refractivity contribution in [1.29, 1.82) is 0 Å². The van der Waals surface area contributed by atoms with Gasteiger partial charge in [-0.05, 0) is 24.1 Å². The van der Waals surface area contributed by atoms with Crippen LogP contribution in [0.3, 0.4) is 0 Å². The van der Waals surface area contributed by atoms with Crippen LogP contribution in [0.25, 0.3) is 0 Å². The van der Waals surface area contributed by atoms with Crippen LogP contribution in [0.2, 0.25) is 0 Å². The maximum atomic E-state index is 13.5. The van der Waals surface area contributed by atoms with E-state index in [1.54, 1.807) is 6.92 Å². The molecule has 1 rings (SSSR count). The number of sulfonamides is 1. The Morgan fingerprint density at radius 1 is 1.25 bits per heavy atom. The first-order valence-electron chi connectivity index (χ1n) is 6.91. The number of rotatable bonds is 7. The smallest absolute Gasteiger partial charge is 0.243 e. The predicted molar refractivity (Wildman–Crippen MR) is 79.3 cm³/mol. The third-order valence-electron chi connectivity index (χ3n) is 3.58. The van der Waals surface area contributed by atoms with Gasteiger partial charge in [-0.25, -0.2) is 12.8 Å². The Morgan fingerprint density at radius 3 is 2.30 bits per heavy atom. The van der Waals surface area contributed by atoms with E-state index in [0.717, 1.165) is 18.9 Å². The summed E-state index contributed by atoms with van der Waals surface area (Å²) in [5, 5.41) is 0. The fourth-order valence-electron chi connectivity index (χ4n) is 2.05. The Kier molecular flexibility index (Phi) is 5.95. The number of hydrogen-bond donors (Lipinski definition) is 1. The highest BCUT2D eigenvalue weighted by atomic mass is 32.2. The number of halogens is 1. The summed E-state index contributed by atoms with van der Waals surface area (Å²) in [4.78, 5) is -0.0444. The van der Waals surface area contributed by atoms with Crippen LogP contribution >= 0.6 is 0 Å². The van der Waals surface area contributed by atoms with Gasteiger partial charge in [-0.15, -0.1) is 0 Å². The molecule has 114 valence electrons. The minimum Gasteiger partial charge on any atom is -0.396 e. The summed E-state index contributed by atoms with van der Waals surface area (Å²) in [5.74, 6) is -0.395. The van der Waals surface area contributed by atoms with Crippen LogP contribution in [-0.4, -0.2) is 25.8 Å².